The number of hydrogen-bond donors (Lipinski definition) is 1. The van der Waals surface area contributed by atoms with E-state index in [-0.39, 0.29) is 19.7 Å². The van der Waals surface area contributed by atoms with Crippen molar-refractivity contribution in [2.45, 2.75) is 12.6 Å². The van der Waals surface area contributed by atoms with Crippen molar-refractivity contribution in [3.8, 4) is 0 Å². The highest BCUT2D eigenvalue weighted by atomic mass is 19.4. The molecule has 0 atom stereocenters. The maximum Gasteiger partial charge on any atom is 0.390 e. The maximum absolute atomic E-state index is 12.1. The van der Waals surface area contributed by atoms with Crippen molar-refractivity contribution in [1.82, 2.24) is 0 Å². The van der Waals surface area contributed by atoms with E-state index >= 15 is 0 Å². The molecule has 0 heterocycles. The number of anilines is 1. The Hall–Kier alpha value is -1.23. The molecule has 90 valence electrons. The Labute approximate surface area is 92.3 Å². The molecule has 0 spiro atoms. The van der Waals surface area contributed by atoms with Gasteiger partial charge in [0.15, 0.2) is 0 Å². The summed E-state index contributed by atoms with van der Waals surface area (Å²) in [7, 11) is 0. The Morgan fingerprint density at radius 1 is 1.06 bits per heavy atom. The fraction of sp³-hybridized carbons (Fsp3) is 0.455. The average molecular weight is 233 g/mol. The van der Waals surface area contributed by atoms with Gasteiger partial charge in [0.25, 0.3) is 0 Å². The van der Waals surface area contributed by atoms with Gasteiger partial charge >= 0.3 is 6.18 Å². The van der Waals surface area contributed by atoms with E-state index in [9.17, 15) is 13.2 Å². The van der Waals surface area contributed by atoms with Crippen LogP contribution >= 0.6 is 0 Å². The summed E-state index contributed by atoms with van der Waals surface area (Å²) >= 11 is 0. The van der Waals surface area contributed by atoms with Crippen LogP contribution in [0.25, 0.3) is 0 Å². The van der Waals surface area contributed by atoms with Gasteiger partial charge in [-0.25, -0.2) is 0 Å². The van der Waals surface area contributed by atoms with Crippen molar-refractivity contribution in [3.63, 3.8) is 0 Å². The van der Waals surface area contributed by atoms with Crippen LogP contribution in [0.2, 0.25) is 0 Å². The highest BCUT2D eigenvalue weighted by Gasteiger charge is 2.27. The molecule has 0 saturated heterocycles. The monoisotopic (exact) mass is 233 g/mol. The quantitative estimate of drug-likeness (QED) is 0.844. The molecule has 0 aliphatic carbocycles. The number of hydrogen-bond acceptors (Lipinski definition) is 2. The topological polar surface area (TPSA) is 23.5 Å². The van der Waals surface area contributed by atoms with Crippen LogP contribution < -0.4 is 4.90 Å². The van der Waals surface area contributed by atoms with Crippen LogP contribution in [0.1, 0.15) is 6.42 Å². The molecule has 0 unspecified atom stereocenters. The van der Waals surface area contributed by atoms with E-state index in [4.69, 9.17) is 5.11 Å². The Morgan fingerprint density at radius 3 is 2.19 bits per heavy atom. The third-order valence-corrected chi connectivity index (χ3v) is 2.16. The van der Waals surface area contributed by atoms with Crippen molar-refractivity contribution in [2.24, 2.45) is 0 Å². The molecule has 1 rings (SSSR count). The molecule has 0 aliphatic rings. The lowest BCUT2D eigenvalue weighted by molar-refractivity contribution is -0.132. The standard InChI is InChI=1S/C11H14F3NO/c12-11(13,14)6-7-15(8-9-16)10-4-2-1-3-5-10/h1-5,16H,6-9H2. The number of halogens is 3. The van der Waals surface area contributed by atoms with Gasteiger partial charge in [0.05, 0.1) is 13.0 Å². The van der Waals surface area contributed by atoms with E-state index in [2.05, 4.69) is 0 Å². The maximum atomic E-state index is 12.1. The van der Waals surface area contributed by atoms with Crippen LogP contribution in [0.5, 0.6) is 0 Å². The van der Waals surface area contributed by atoms with E-state index in [1.807, 2.05) is 0 Å². The Bertz CT molecular complexity index is 300. The van der Waals surface area contributed by atoms with Crippen LogP contribution in [0.3, 0.4) is 0 Å². The Balaban J connectivity index is 2.61. The molecular formula is C11H14F3NO. The summed E-state index contributed by atoms with van der Waals surface area (Å²) in [4.78, 5) is 1.52. The first-order valence-corrected chi connectivity index (χ1v) is 5.00. The van der Waals surface area contributed by atoms with Gasteiger partial charge in [-0.15, -0.1) is 0 Å². The summed E-state index contributed by atoms with van der Waals surface area (Å²) in [6.45, 7) is -0.0824. The van der Waals surface area contributed by atoms with E-state index in [1.165, 1.54) is 4.90 Å². The molecule has 1 N–H and O–H groups in total. The van der Waals surface area contributed by atoms with Crippen LogP contribution in [0, 0.1) is 0 Å². The first-order valence-electron chi connectivity index (χ1n) is 5.00. The summed E-state index contributed by atoms with van der Waals surface area (Å²) in [5.41, 5.74) is 0.695. The predicted molar refractivity (Wildman–Crippen MR) is 56.4 cm³/mol. The average Bonchev–Trinajstić information content (AvgIpc) is 2.24. The van der Waals surface area contributed by atoms with Crippen molar-refractivity contribution < 1.29 is 18.3 Å². The fourth-order valence-corrected chi connectivity index (χ4v) is 1.39. The smallest absolute Gasteiger partial charge is 0.390 e. The number of aliphatic hydroxyl groups is 1. The van der Waals surface area contributed by atoms with Gasteiger partial charge in [-0.3, -0.25) is 0 Å². The highest BCUT2D eigenvalue weighted by molar-refractivity contribution is 5.45. The molecule has 0 fully saturated rings. The van der Waals surface area contributed by atoms with E-state index in [1.54, 1.807) is 30.3 Å². The molecule has 2 nitrogen and oxygen atoms in total. The van der Waals surface area contributed by atoms with Crippen LogP contribution in [0.4, 0.5) is 18.9 Å². The molecule has 0 saturated carbocycles. The van der Waals surface area contributed by atoms with Crippen molar-refractivity contribution in [2.75, 3.05) is 24.6 Å². The molecule has 1 aromatic rings. The molecular weight excluding hydrogens is 219 g/mol. The molecule has 0 aromatic heterocycles. The summed E-state index contributed by atoms with van der Waals surface area (Å²) in [5.74, 6) is 0. The largest absolute Gasteiger partial charge is 0.395 e. The number of alkyl halides is 3. The summed E-state index contributed by atoms with van der Waals surface area (Å²) in [6.07, 6.45) is -5.04. The van der Waals surface area contributed by atoms with E-state index in [0.717, 1.165) is 0 Å². The third kappa shape index (κ3) is 4.53. The van der Waals surface area contributed by atoms with Crippen LogP contribution in [-0.4, -0.2) is 31.0 Å². The summed E-state index contributed by atoms with van der Waals surface area (Å²) < 4.78 is 36.2. The van der Waals surface area contributed by atoms with Crippen molar-refractivity contribution in [3.05, 3.63) is 30.3 Å². The normalized spacial score (nSPS) is 11.5. The van der Waals surface area contributed by atoms with Gasteiger partial charge in [-0.05, 0) is 12.1 Å². The molecule has 0 bridgehead atoms. The van der Waals surface area contributed by atoms with E-state index in [0.29, 0.717) is 5.69 Å². The second-order valence-corrected chi connectivity index (χ2v) is 3.41. The zero-order valence-corrected chi connectivity index (χ0v) is 8.74. The third-order valence-electron chi connectivity index (χ3n) is 2.16. The Kier molecular flexibility index (Phi) is 4.61. The van der Waals surface area contributed by atoms with Crippen molar-refractivity contribution >= 4 is 5.69 Å². The first-order chi connectivity index (χ1) is 7.53. The fourth-order valence-electron chi connectivity index (χ4n) is 1.39. The molecule has 0 aliphatic heterocycles. The van der Waals surface area contributed by atoms with Gasteiger partial charge in [0, 0.05) is 18.8 Å². The highest BCUT2D eigenvalue weighted by Crippen LogP contribution is 2.22. The predicted octanol–water partition coefficient (Wildman–Crippen LogP) is 2.44. The minimum Gasteiger partial charge on any atom is -0.395 e. The van der Waals surface area contributed by atoms with Crippen molar-refractivity contribution in [1.29, 1.82) is 0 Å². The molecule has 16 heavy (non-hydrogen) atoms. The molecule has 5 heteroatoms. The van der Waals surface area contributed by atoms with Gasteiger partial charge in [0.2, 0.25) is 0 Å². The summed E-state index contributed by atoms with van der Waals surface area (Å²) in [5, 5.41) is 8.80. The lowest BCUT2D eigenvalue weighted by Gasteiger charge is -2.24. The summed E-state index contributed by atoms with van der Waals surface area (Å²) in [6, 6.07) is 8.77. The second-order valence-electron chi connectivity index (χ2n) is 3.41. The molecule has 0 amide bonds. The number of para-hydroxylation sites is 1. The number of benzene rings is 1. The zero-order chi connectivity index (χ0) is 12.0. The second kappa shape index (κ2) is 5.75. The number of nitrogens with zero attached hydrogens (tertiary/aromatic N) is 1. The zero-order valence-electron chi connectivity index (χ0n) is 8.74. The number of rotatable bonds is 5. The minimum atomic E-state index is -4.16. The minimum absolute atomic E-state index is 0.131. The molecule has 0 radical (unpaired) electrons. The lowest BCUT2D eigenvalue weighted by Crippen LogP contribution is -2.30. The van der Waals surface area contributed by atoms with Crippen LogP contribution in [0.15, 0.2) is 30.3 Å². The number of aliphatic hydroxyl groups excluding tert-OH is 1. The van der Waals surface area contributed by atoms with Gasteiger partial charge in [-0.1, -0.05) is 18.2 Å². The SMILES string of the molecule is OCCN(CCC(F)(F)F)c1ccccc1. The van der Waals surface area contributed by atoms with Crippen LogP contribution in [-0.2, 0) is 0 Å². The Morgan fingerprint density at radius 2 is 1.69 bits per heavy atom. The van der Waals surface area contributed by atoms with E-state index < -0.39 is 12.6 Å². The molecule has 1 aromatic carbocycles. The first kappa shape index (κ1) is 12.8. The lowest BCUT2D eigenvalue weighted by atomic mass is 10.2. The van der Waals surface area contributed by atoms with Gasteiger partial charge in [0.1, 0.15) is 0 Å². The van der Waals surface area contributed by atoms with Gasteiger partial charge in [-0.2, -0.15) is 13.2 Å². The van der Waals surface area contributed by atoms with Gasteiger partial charge < -0.3 is 10.0 Å².